The molecule has 25 heavy (non-hydrogen) atoms. The minimum atomic E-state index is -0.712. The molecule has 0 unspecified atom stereocenters. The van der Waals surface area contributed by atoms with E-state index in [0.29, 0.717) is 22.0 Å². The van der Waals surface area contributed by atoms with Gasteiger partial charge in [-0.25, -0.2) is 9.37 Å². The molecule has 0 bridgehead atoms. The Bertz CT molecular complexity index is 960. The number of halogens is 1. The highest BCUT2D eigenvalue weighted by Crippen LogP contribution is 2.44. The van der Waals surface area contributed by atoms with Crippen molar-refractivity contribution in [1.29, 1.82) is 5.26 Å². The third kappa shape index (κ3) is 3.08. The predicted molar refractivity (Wildman–Crippen MR) is 91.7 cm³/mol. The summed E-state index contributed by atoms with van der Waals surface area (Å²) in [5, 5.41) is 9.81. The van der Waals surface area contributed by atoms with Crippen LogP contribution in [0.3, 0.4) is 0 Å². The van der Waals surface area contributed by atoms with Crippen molar-refractivity contribution in [2.24, 2.45) is 5.73 Å². The number of fused-ring (bicyclic) bond motifs is 1. The number of allylic oxidation sites excluding steroid dienone is 1. The first-order valence-corrected chi connectivity index (χ1v) is 8.10. The summed E-state index contributed by atoms with van der Waals surface area (Å²) in [6, 6.07) is 7.84. The van der Waals surface area contributed by atoms with Crippen LogP contribution in [0.4, 0.5) is 10.2 Å². The molecular weight excluding hydrogens is 341 g/mol. The Morgan fingerprint density at radius 2 is 2.16 bits per heavy atom. The molecule has 0 radical (unpaired) electrons. The Hall–Kier alpha value is -3.23. The average Bonchev–Trinajstić information content (AvgIpc) is 2.58. The Balaban J connectivity index is 2.19. The van der Waals surface area contributed by atoms with Gasteiger partial charge < -0.3 is 16.2 Å². The van der Waals surface area contributed by atoms with Gasteiger partial charge in [0.05, 0.1) is 17.2 Å². The molecule has 1 aliphatic heterocycles. The Morgan fingerprint density at radius 3 is 2.84 bits per heavy atom. The number of nitrogens with zero attached hydrogens (tertiary/aromatic N) is 3. The maximum atomic E-state index is 13.7. The molecule has 1 atom stereocenters. The monoisotopic (exact) mass is 353 g/mol. The summed E-state index contributed by atoms with van der Waals surface area (Å²) in [4.78, 5) is 8.47. The van der Waals surface area contributed by atoms with E-state index in [1.54, 1.807) is 12.1 Å². The lowest BCUT2D eigenvalue weighted by Crippen LogP contribution is -2.23. The minimum Gasteiger partial charge on any atom is -0.422 e. The van der Waals surface area contributed by atoms with Crippen molar-refractivity contribution in [3.63, 3.8) is 0 Å². The average molecular weight is 353 g/mol. The second-order valence-electron chi connectivity index (χ2n) is 5.08. The van der Waals surface area contributed by atoms with Gasteiger partial charge in [-0.05, 0) is 17.7 Å². The van der Waals surface area contributed by atoms with Crippen LogP contribution >= 0.6 is 11.8 Å². The van der Waals surface area contributed by atoms with E-state index in [1.807, 2.05) is 6.07 Å². The number of nitrogen functional groups attached to an aromatic ring is 1. The first-order chi connectivity index (χ1) is 12.0. The molecule has 2 aromatic rings. The standard InChI is InChI=1S/C17H12FN5OS/c1-2-6-25-17-22-14(20)13-12(9-4-3-5-10(18)7-9)11(8-19)15(21)24-16(13)23-17/h1,3-5,7,12H,6,21H2,(H2,20,22,23)/t12-/m0/s1. The fraction of sp³-hybridized carbons (Fsp3) is 0.118. The zero-order valence-corrected chi connectivity index (χ0v) is 13.7. The number of ether oxygens (including phenoxy) is 1. The molecule has 3 rings (SSSR count). The number of hydrogen-bond acceptors (Lipinski definition) is 7. The van der Waals surface area contributed by atoms with Gasteiger partial charge in [-0.2, -0.15) is 10.2 Å². The zero-order valence-electron chi connectivity index (χ0n) is 12.9. The lowest BCUT2D eigenvalue weighted by Gasteiger charge is -2.26. The molecule has 1 aromatic heterocycles. The van der Waals surface area contributed by atoms with Crippen molar-refractivity contribution in [1.82, 2.24) is 9.97 Å². The number of thioether (sulfide) groups is 1. The molecule has 8 heteroatoms. The maximum absolute atomic E-state index is 13.7. The topological polar surface area (TPSA) is 111 Å². The molecule has 0 aliphatic carbocycles. The van der Waals surface area contributed by atoms with E-state index in [0.717, 1.165) is 0 Å². The minimum absolute atomic E-state index is 0.102. The molecule has 2 heterocycles. The largest absolute Gasteiger partial charge is 0.422 e. The fourth-order valence-corrected chi connectivity index (χ4v) is 3.07. The summed E-state index contributed by atoms with van der Waals surface area (Å²) in [6.07, 6.45) is 5.23. The number of benzene rings is 1. The summed E-state index contributed by atoms with van der Waals surface area (Å²) in [7, 11) is 0. The van der Waals surface area contributed by atoms with Gasteiger partial charge in [0, 0.05) is 0 Å². The lowest BCUT2D eigenvalue weighted by atomic mass is 9.84. The maximum Gasteiger partial charge on any atom is 0.231 e. The van der Waals surface area contributed by atoms with Crippen molar-refractivity contribution in [3.8, 4) is 24.3 Å². The SMILES string of the molecule is C#CCSc1nc(N)c2c(n1)OC(N)=C(C#N)[C@@H]2c1cccc(F)c1. The van der Waals surface area contributed by atoms with Gasteiger partial charge in [-0.3, -0.25) is 0 Å². The first kappa shape index (κ1) is 16.6. The summed E-state index contributed by atoms with van der Waals surface area (Å²) >= 11 is 1.21. The normalized spacial score (nSPS) is 15.7. The Labute approximate surface area is 147 Å². The lowest BCUT2D eigenvalue weighted by molar-refractivity contribution is 0.372. The summed E-state index contributed by atoms with van der Waals surface area (Å²) in [5.41, 5.74) is 13.0. The van der Waals surface area contributed by atoms with Gasteiger partial charge >= 0.3 is 0 Å². The predicted octanol–water partition coefficient (Wildman–Crippen LogP) is 2.14. The van der Waals surface area contributed by atoms with Gasteiger partial charge in [-0.1, -0.05) is 29.8 Å². The van der Waals surface area contributed by atoms with E-state index in [4.69, 9.17) is 22.6 Å². The zero-order chi connectivity index (χ0) is 18.0. The second-order valence-corrected chi connectivity index (χ2v) is 6.03. The molecule has 4 N–H and O–H groups in total. The van der Waals surface area contributed by atoms with Gasteiger partial charge in [0.1, 0.15) is 23.3 Å². The fourth-order valence-electron chi connectivity index (χ4n) is 2.55. The quantitative estimate of drug-likeness (QED) is 0.494. The van der Waals surface area contributed by atoms with Crippen LogP contribution in [0.15, 0.2) is 40.9 Å². The molecule has 0 fully saturated rings. The van der Waals surface area contributed by atoms with Gasteiger partial charge in [0.15, 0.2) is 5.16 Å². The smallest absolute Gasteiger partial charge is 0.231 e. The van der Waals surface area contributed by atoms with E-state index in [-0.39, 0.29) is 23.2 Å². The van der Waals surface area contributed by atoms with Gasteiger partial charge in [0.25, 0.3) is 0 Å². The van der Waals surface area contributed by atoms with Crippen LogP contribution < -0.4 is 16.2 Å². The molecule has 0 saturated heterocycles. The number of terminal acetylenes is 1. The van der Waals surface area contributed by atoms with Crippen LogP contribution in [0.5, 0.6) is 5.88 Å². The van der Waals surface area contributed by atoms with Crippen LogP contribution in [-0.4, -0.2) is 15.7 Å². The summed E-state index contributed by atoms with van der Waals surface area (Å²) in [6.45, 7) is 0. The van der Waals surface area contributed by atoms with E-state index >= 15 is 0 Å². The molecule has 6 nitrogen and oxygen atoms in total. The highest BCUT2D eigenvalue weighted by molar-refractivity contribution is 7.99. The molecule has 0 amide bonds. The molecule has 1 aromatic carbocycles. The van der Waals surface area contributed by atoms with Crippen LogP contribution in [0, 0.1) is 29.5 Å². The van der Waals surface area contributed by atoms with Crippen molar-refractivity contribution >= 4 is 17.6 Å². The van der Waals surface area contributed by atoms with Crippen LogP contribution in [-0.2, 0) is 0 Å². The van der Waals surface area contributed by atoms with Gasteiger partial charge in [0.2, 0.25) is 11.8 Å². The number of anilines is 1. The summed E-state index contributed by atoms with van der Waals surface area (Å²) < 4.78 is 19.1. The highest BCUT2D eigenvalue weighted by Gasteiger charge is 2.34. The molecular formula is C17H12FN5OS. The number of hydrogen-bond donors (Lipinski definition) is 2. The molecule has 124 valence electrons. The van der Waals surface area contributed by atoms with Gasteiger partial charge in [-0.15, -0.1) is 6.42 Å². The molecule has 1 aliphatic rings. The number of nitrogens with two attached hydrogens (primary N) is 2. The van der Waals surface area contributed by atoms with Crippen LogP contribution in [0.2, 0.25) is 0 Å². The third-order valence-electron chi connectivity index (χ3n) is 3.56. The van der Waals surface area contributed by atoms with E-state index < -0.39 is 11.7 Å². The second kappa shape index (κ2) is 6.71. The molecule has 0 saturated carbocycles. The highest BCUT2D eigenvalue weighted by atomic mass is 32.2. The first-order valence-electron chi connectivity index (χ1n) is 7.12. The van der Waals surface area contributed by atoms with Crippen molar-refractivity contribution in [2.45, 2.75) is 11.1 Å². The van der Waals surface area contributed by atoms with Crippen LogP contribution in [0.1, 0.15) is 17.0 Å². The van der Waals surface area contributed by atoms with E-state index in [9.17, 15) is 9.65 Å². The van der Waals surface area contributed by atoms with Crippen molar-refractivity contribution < 1.29 is 9.13 Å². The van der Waals surface area contributed by atoms with E-state index in [2.05, 4.69) is 15.9 Å². The Morgan fingerprint density at radius 1 is 1.36 bits per heavy atom. The van der Waals surface area contributed by atoms with Crippen molar-refractivity contribution in [2.75, 3.05) is 11.5 Å². The third-order valence-corrected chi connectivity index (χ3v) is 4.31. The van der Waals surface area contributed by atoms with Crippen molar-refractivity contribution in [3.05, 3.63) is 52.7 Å². The van der Waals surface area contributed by atoms with Crippen LogP contribution in [0.25, 0.3) is 0 Å². The number of aromatic nitrogens is 2. The summed E-state index contributed by atoms with van der Waals surface area (Å²) in [5.74, 6) is 1.83. The Kier molecular flexibility index (Phi) is 4.46. The van der Waals surface area contributed by atoms with E-state index in [1.165, 1.54) is 23.9 Å². The number of rotatable bonds is 3. The number of nitriles is 1. The molecule has 0 spiro atoms.